The van der Waals surface area contributed by atoms with E-state index in [1.807, 2.05) is 6.07 Å². The Morgan fingerprint density at radius 3 is 2.26 bits per heavy atom. The van der Waals surface area contributed by atoms with Gasteiger partial charge < -0.3 is 33.9 Å². The van der Waals surface area contributed by atoms with Crippen molar-refractivity contribution in [3.63, 3.8) is 0 Å². The van der Waals surface area contributed by atoms with E-state index in [0.29, 0.717) is 47.3 Å². The first-order chi connectivity index (χ1) is 20.5. The lowest BCUT2D eigenvalue weighted by molar-refractivity contribution is -0.128. The van der Waals surface area contributed by atoms with E-state index in [0.717, 1.165) is 39.1 Å². The first-order valence-corrected chi connectivity index (χ1v) is 14.1. The van der Waals surface area contributed by atoms with Crippen LogP contribution in [0.5, 0.6) is 23.0 Å². The van der Waals surface area contributed by atoms with Crippen LogP contribution in [-0.4, -0.2) is 83.5 Å². The van der Waals surface area contributed by atoms with Gasteiger partial charge in [0, 0.05) is 62.7 Å². The van der Waals surface area contributed by atoms with Gasteiger partial charge in [0.2, 0.25) is 5.75 Å². The van der Waals surface area contributed by atoms with Crippen molar-refractivity contribution in [3.8, 4) is 23.0 Å². The van der Waals surface area contributed by atoms with E-state index in [1.54, 1.807) is 18.2 Å². The lowest BCUT2D eigenvalue weighted by Crippen LogP contribution is -2.46. The van der Waals surface area contributed by atoms with Gasteiger partial charge in [-0.05, 0) is 42.8 Å². The normalized spacial score (nSPS) is 16.8. The molecule has 1 unspecified atom stereocenters. The fourth-order valence-corrected chi connectivity index (χ4v) is 5.35. The van der Waals surface area contributed by atoms with E-state index < -0.39 is 12.1 Å². The van der Waals surface area contributed by atoms with Crippen LogP contribution in [0, 0.1) is 0 Å². The number of carbonyl (C=O) groups excluding carboxylic acids is 2. The van der Waals surface area contributed by atoms with Gasteiger partial charge in [-0.15, -0.1) is 0 Å². The highest BCUT2D eigenvalue weighted by molar-refractivity contribution is 5.98. The quantitative estimate of drug-likeness (QED) is 0.207. The molecule has 1 amide bonds. The Balaban J connectivity index is 1.16. The van der Waals surface area contributed by atoms with Crippen molar-refractivity contribution >= 4 is 23.3 Å². The van der Waals surface area contributed by atoms with Crippen molar-refractivity contribution in [3.05, 3.63) is 71.8 Å². The number of esters is 1. The zero-order chi connectivity index (χ0) is 29.5. The second kappa shape index (κ2) is 13.6. The molecule has 0 aliphatic carbocycles. The van der Waals surface area contributed by atoms with Crippen LogP contribution in [0.4, 0.5) is 11.4 Å². The van der Waals surface area contributed by atoms with Gasteiger partial charge in [-0.1, -0.05) is 24.3 Å². The van der Waals surface area contributed by atoms with Gasteiger partial charge in [0.1, 0.15) is 11.9 Å². The molecule has 0 spiro atoms. The average molecular weight is 576 g/mol. The van der Waals surface area contributed by atoms with Crippen LogP contribution < -0.4 is 29.2 Å². The highest BCUT2D eigenvalue weighted by Gasteiger charge is 2.30. The number of ether oxygens (including phenoxy) is 5. The molecule has 3 aromatic rings. The third kappa shape index (κ3) is 6.61. The van der Waals surface area contributed by atoms with Gasteiger partial charge in [-0.25, -0.2) is 4.79 Å². The Morgan fingerprint density at radius 2 is 1.60 bits per heavy atom. The number of amides is 1. The summed E-state index contributed by atoms with van der Waals surface area (Å²) in [6.07, 6.45) is 0.448. The van der Waals surface area contributed by atoms with Crippen molar-refractivity contribution in [2.24, 2.45) is 0 Å². The predicted octanol–water partition coefficient (Wildman–Crippen LogP) is 4.02. The first kappa shape index (κ1) is 29.2. The molecule has 2 heterocycles. The summed E-state index contributed by atoms with van der Waals surface area (Å²) in [7, 11) is 4.46. The minimum atomic E-state index is -0.673. The summed E-state index contributed by atoms with van der Waals surface area (Å²) in [6.45, 7) is 5.33. The van der Waals surface area contributed by atoms with Crippen LogP contribution in [-0.2, 0) is 16.0 Å². The average Bonchev–Trinajstić information content (AvgIpc) is 3.03. The molecule has 1 fully saturated rings. The topological polar surface area (TPSA) is 98.8 Å². The summed E-state index contributed by atoms with van der Waals surface area (Å²) in [6, 6.07) is 18.8. The van der Waals surface area contributed by atoms with E-state index in [2.05, 4.69) is 39.4 Å². The smallest absolute Gasteiger partial charge is 0.343 e. The number of fused-ring (bicyclic) bond motifs is 1. The fraction of sp³-hybridized carbons (Fsp3) is 0.375. The number of rotatable bonds is 11. The third-order valence-electron chi connectivity index (χ3n) is 7.61. The van der Waals surface area contributed by atoms with Gasteiger partial charge in [-0.2, -0.15) is 0 Å². The number of methoxy groups -OCH3 is 3. The summed E-state index contributed by atoms with van der Waals surface area (Å²) in [4.78, 5) is 30.8. The van der Waals surface area contributed by atoms with Crippen LogP contribution in [0.2, 0.25) is 0 Å². The van der Waals surface area contributed by atoms with Crippen LogP contribution in [0.25, 0.3) is 0 Å². The molecule has 1 N–H and O–H groups in total. The Labute approximate surface area is 246 Å². The molecule has 5 rings (SSSR count). The maximum Gasteiger partial charge on any atom is 0.343 e. The second-order valence-electron chi connectivity index (χ2n) is 10.2. The van der Waals surface area contributed by atoms with Crippen molar-refractivity contribution in [2.45, 2.75) is 18.9 Å². The number of anilines is 2. The molecule has 2 aliphatic rings. The number of nitrogens with zero attached hydrogens (tertiary/aromatic N) is 2. The number of benzene rings is 3. The summed E-state index contributed by atoms with van der Waals surface area (Å²) in [5.41, 5.74) is 2.81. The van der Waals surface area contributed by atoms with Crippen LogP contribution in [0.1, 0.15) is 22.3 Å². The fourth-order valence-electron chi connectivity index (χ4n) is 5.35. The summed E-state index contributed by atoms with van der Waals surface area (Å²) >= 11 is 0. The number of piperazine rings is 1. The number of nitrogens with one attached hydrogen (secondary N) is 1. The van der Waals surface area contributed by atoms with Crippen LogP contribution in [0.15, 0.2) is 60.7 Å². The van der Waals surface area contributed by atoms with E-state index in [1.165, 1.54) is 39.1 Å². The molecular weight excluding hydrogens is 538 g/mol. The van der Waals surface area contributed by atoms with Gasteiger partial charge in [0.25, 0.3) is 5.91 Å². The Morgan fingerprint density at radius 1 is 0.881 bits per heavy atom. The number of hydrogen-bond acceptors (Lipinski definition) is 9. The highest BCUT2D eigenvalue weighted by Crippen LogP contribution is 2.39. The lowest BCUT2D eigenvalue weighted by Gasteiger charge is -2.36. The molecule has 0 saturated carbocycles. The number of para-hydroxylation sites is 1. The monoisotopic (exact) mass is 575 g/mol. The summed E-state index contributed by atoms with van der Waals surface area (Å²) in [5, 5.41) is 2.90. The molecule has 10 nitrogen and oxygen atoms in total. The van der Waals surface area contributed by atoms with E-state index >= 15 is 0 Å². The number of carbonyl (C=O) groups is 2. The molecule has 0 bridgehead atoms. The van der Waals surface area contributed by atoms with E-state index in [-0.39, 0.29) is 11.5 Å². The molecule has 0 radical (unpaired) electrons. The van der Waals surface area contributed by atoms with Crippen LogP contribution in [0.3, 0.4) is 0 Å². The van der Waals surface area contributed by atoms with E-state index in [9.17, 15) is 9.59 Å². The molecule has 2 aliphatic heterocycles. The van der Waals surface area contributed by atoms with Crippen molar-refractivity contribution < 1.29 is 33.3 Å². The Hall–Kier alpha value is -4.28. The Bertz CT molecular complexity index is 1370. The van der Waals surface area contributed by atoms with Crippen molar-refractivity contribution in [1.82, 2.24) is 4.90 Å². The third-order valence-corrected chi connectivity index (χ3v) is 7.61. The molecule has 42 heavy (non-hydrogen) atoms. The predicted molar refractivity (Wildman–Crippen MR) is 159 cm³/mol. The van der Waals surface area contributed by atoms with Gasteiger partial charge >= 0.3 is 5.97 Å². The largest absolute Gasteiger partial charge is 0.493 e. The van der Waals surface area contributed by atoms with Crippen molar-refractivity contribution in [2.75, 3.05) is 70.9 Å². The second-order valence-corrected chi connectivity index (χ2v) is 10.2. The van der Waals surface area contributed by atoms with Gasteiger partial charge in [-0.3, -0.25) is 9.69 Å². The lowest BCUT2D eigenvalue weighted by atomic mass is 9.99. The zero-order valence-electron chi connectivity index (χ0n) is 24.3. The molecule has 222 valence electrons. The summed E-state index contributed by atoms with van der Waals surface area (Å²) in [5.74, 6) is 0.633. The highest BCUT2D eigenvalue weighted by atomic mass is 16.5. The van der Waals surface area contributed by atoms with E-state index in [4.69, 9.17) is 23.7 Å². The van der Waals surface area contributed by atoms with Crippen molar-refractivity contribution in [1.29, 1.82) is 0 Å². The molecule has 0 aromatic heterocycles. The summed E-state index contributed by atoms with van der Waals surface area (Å²) < 4.78 is 27.9. The maximum absolute atomic E-state index is 13.1. The molecule has 1 atom stereocenters. The molecule has 1 saturated heterocycles. The maximum atomic E-state index is 13.1. The molecule has 10 heteroatoms. The minimum Gasteiger partial charge on any atom is -0.493 e. The number of hydrogen-bond donors (Lipinski definition) is 1. The Kier molecular flexibility index (Phi) is 9.45. The first-order valence-electron chi connectivity index (χ1n) is 14.1. The molecular formula is C32H37N3O7. The SMILES string of the molecule is COc1cc(C(=O)Oc2cccc3c2CC(OCCCN2CCN(c4ccccc4)CC2)C(=O)N3)cc(OC)c1OC. The van der Waals surface area contributed by atoms with Gasteiger partial charge in [0.05, 0.1) is 26.9 Å². The standard InChI is InChI=1S/C32H37N3O7/c1-38-27-19-22(20-28(39-2)30(27)40-3)32(37)42-26-12-7-11-25-24(26)21-29(31(36)33-25)41-18-8-13-34-14-16-35(17-15-34)23-9-5-4-6-10-23/h4-7,9-12,19-20,29H,8,13-18,21H2,1-3H3,(H,33,36). The van der Waals surface area contributed by atoms with Gasteiger partial charge in [0.15, 0.2) is 11.5 Å². The minimum absolute atomic E-state index is 0.202. The molecule has 3 aromatic carbocycles. The van der Waals surface area contributed by atoms with Crippen LogP contribution >= 0.6 is 0 Å². The zero-order valence-corrected chi connectivity index (χ0v) is 24.3.